The molecular weight excluding hydrogens is 214 g/mol. The molecule has 0 fully saturated rings. The van der Waals surface area contributed by atoms with Gasteiger partial charge in [-0.3, -0.25) is 0 Å². The molecule has 0 aliphatic carbocycles. The van der Waals surface area contributed by atoms with Crippen LogP contribution in [0.25, 0.3) is 11.4 Å². The van der Waals surface area contributed by atoms with E-state index in [1.807, 2.05) is 30.3 Å². The number of benzene rings is 1. The zero-order valence-electron chi connectivity index (χ0n) is 9.67. The summed E-state index contributed by atoms with van der Waals surface area (Å²) in [6, 6.07) is 11.6. The lowest BCUT2D eigenvalue weighted by Crippen LogP contribution is -2.16. The molecular formula is C13H15N3O. The first kappa shape index (κ1) is 11.5. The van der Waals surface area contributed by atoms with Crippen LogP contribution >= 0.6 is 0 Å². The highest BCUT2D eigenvalue weighted by Gasteiger charge is 2.02. The summed E-state index contributed by atoms with van der Waals surface area (Å²) in [7, 11) is 0. The maximum atomic E-state index is 9.19. The number of aliphatic hydroxyl groups is 1. The molecule has 1 aromatic carbocycles. The van der Waals surface area contributed by atoms with Crippen molar-refractivity contribution in [1.82, 2.24) is 9.97 Å². The van der Waals surface area contributed by atoms with E-state index in [1.54, 1.807) is 19.2 Å². The van der Waals surface area contributed by atoms with Crippen molar-refractivity contribution >= 4 is 5.82 Å². The number of nitrogens with zero attached hydrogens (tertiary/aromatic N) is 2. The van der Waals surface area contributed by atoms with E-state index >= 15 is 0 Å². The molecule has 0 aliphatic rings. The highest BCUT2D eigenvalue weighted by molar-refractivity contribution is 5.56. The van der Waals surface area contributed by atoms with Gasteiger partial charge in [0.25, 0.3) is 0 Å². The number of anilines is 1. The van der Waals surface area contributed by atoms with Crippen LogP contribution < -0.4 is 5.32 Å². The van der Waals surface area contributed by atoms with Gasteiger partial charge in [-0.05, 0) is 13.0 Å². The lowest BCUT2D eigenvalue weighted by molar-refractivity contribution is 0.208. The van der Waals surface area contributed by atoms with Crippen LogP contribution in [-0.2, 0) is 0 Å². The summed E-state index contributed by atoms with van der Waals surface area (Å²) in [5.41, 5.74) is 0.980. The lowest BCUT2D eigenvalue weighted by atomic mass is 10.2. The first-order valence-electron chi connectivity index (χ1n) is 5.56. The molecule has 0 saturated heterocycles. The van der Waals surface area contributed by atoms with Gasteiger partial charge in [-0.1, -0.05) is 30.3 Å². The minimum absolute atomic E-state index is 0.398. The molecule has 2 rings (SSSR count). The number of nitrogens with one attached hydrogen (secondary N) is 1. The van der Waals surface area contributed by atoms with Gasteiger partial charge in [0.05, 0.1) is 6.10 Å². The molecule has 4 nitrogen and oxygen atoms in total. The van der Waals surface area contributed by atoms with Gasteiger partial charge < -0.3 is 10.4 Å². The van der Waals surface area contributed by atoms with Crippen LogP contribution in [0.2, 0.25) is 0 Å². The Labute approximate surface area is 100 Å². The summed E-state index contributed by atoms with van der Waals surface area (Å²) in [6.07, 6.45) is 1.31. The predicted molar refractivity (Wildman–Crippen MR) is 67.6 cm³/mol. The molecule has 1 unspecified atom stereocenters. The second-order valence-electron chi connectivity index (χ2n) is 3.86. The quantitative estimate of drug-likeness (QED) is 0.841. The second-order valence-corrected chi connectivity index (χ2v) is 3.86. The second kappa shape index (κ2) is 5.41. The fourth-order valence-corrected chi connectivity index (χ4v) is 1.44. The van der Waals surface area contributed by atoms with Gasteiger partial charge in [-0.15, -0.1) is 0 Å². The third kappa shape index (κ3) is 3.26. The van der Waals surface area contributed by atoms with E-state index in [0.29, 0.717) is 12.4 Å². The van der Waals surface area contributed by atoms with Crippen molar-refractivity contribution in [2.45, 2.75) is 13.0 Å². The highest BCUT2D eigenvalue weighted by atomic mass is 16.3. The summed E-state index contributed by atoms with van der Waals surface area (Å²) in [4.78, 5) is 8.60. The maximum Gasteiger partial charge on any atom is 0.161 e. The fraction of sp³-hybridized carbons (Fsp3) is 0.231. The van der Waals surface area contributed by atoms with E-state index in [4.69, 9.17) is 0 Å². The third-order valence-electron chi connectivity index (χ3n) is 2.27. The molecule has 0 spiro atoms. The largest absolute Gasteiger partial charge is 0.392 e. The smallest absolute Gasteiger partial charge is 0.161 e. The molecule has 1 aromatic heterocycles. The van der Waals surface area contributed by atoms with E-state index in [-0.39, 0.29) is 0 Å². The first-order chi connectivity index (χ1) is 8.25. The van der Waals surface area contributed by atoms with Crippen molar-refractivity contribution in [3.63, 3.8) is 0 Å². The summed E-state index contributed by atoms with van der Waals surface area (Å²) in [5.74, 6) is 1.40. The molecule has 0 amide bonds. The number of rotatable bonds is 4. The number of aromatic nitrogens is 2. The normalized spacial score (nSPS) is 12.1. The van der Waals surface area contributed by atoms with Crippen molar-refractivity contribution in [2.24, 2.45) is 0 Å². The van der Waals surface area contributed by atoms with Crippen LogP contribution in [0.5, 0.6) is 0 Å². The molecule has 88 valence electrons. The molecule has 0 radical (unpaired) electrons. The summed E-state index contributed by atoms with van der Waals surface area (Å²) in [6.45, 7) is 2.21. The Bertz CT molecular complexity index is 471. The Morgan fingerprint density at radius 3 is 2.71 bits per heavy atom. The zero-order valence-corrected chi connectivity index (χ0v) is 9.67. The molecule has 2 aromatic rings. The van der Waals surface area contributed by atoms with Crippen LogP contribution in [-0.4, -0.2) is 27.7 Å². The SMILES string of the molecule is CC(O)CNc1ccnc(-c2ccccc2)n1. The van der Waals surface area contributed by atoms with Crippen LogP contribution in [0.1, 0.15) is 6.92 Å². The summed E-state index contributed by atoms with van der Waals surface area (Å²) in [5, 5.41) is 12.2. The van der Waals surface area contributed by atoms with Crippen molar-refractivity contribution in [2.75, 3.05) is 11.9 Å². The van der Waals surface area contributed by atoms with E-state index in [1.165, 1.54) is 0 Å². The lowest BCUT2D eigenvalue weighted by Gasteiger charge is -2.08. The Kier molecular flexibility index (Phi) is 3.67. The van der Waals surface area contributed by atoms with Gasteiger partial charge in [0.1, 0.15) is 5.82 Å². The van der Waals surface area contributed by atoms with Gasteiger partial charge in [0.15, 0.2) is 5.82 Å². The van der Waals surface area contributed by atoms with Crippen LogP contribution in [0, 0.1) is 0 Å². The van der Waals surface area contributed by atoms with E-state index < -0.39 is 6.10 Å². The maximum absolute atomic E-state index is 9.19. The molecule has 1 atom stereocenters. The molecule has 2 N–H and O–H groups in total. The number of aliphatic hydroxyl groups excluding tert-OH is 1. The highest BCUT2D eigenvalue weighted by Crippen LogP contribution is 2.15. The Hall–Kier alpha value is -1.94. The fourth-order valence-electron chi connectivity index (χ4n) is 1.44. The van der Waals surface area contributed by atoms with Gasteiger partial charge in [-0.25, -0.2) is 9.97 Å². The summed E-state index contributed by atoms with van der Waals surface area (Å²) < 4.78 is 0. The van der Waals surface area contributed by atoms with Gasteiger partial charge in [0, 0.05) is 18.3 Å². The van der Waals surface area contributed by atoms with Crippen LogP contribution in [0.15, 0.2) is 42.6 Å². The Balaban J connectivity index is 2.17. The average Bonchev–Trinajstić information content (AvgIpc) is 2.38. The minimum Gasteiger partial charge on any atom is -0.392 e. The first-order valence-corrected chi connectivity index (χ1v) is 5.56. The third-order valence-corrected chi connectivity index (χ3v) is 2.27. The molecule has 4 heteroatoms. The molecule has 0 aliphatic heterocycles. The standard InChI is InChI=1S/C13H15N3O/c1-10(17)9-15-12-7-8-14-13(16-12)11-5-3-2-4-6-11/h2-8,10,17H,9H2,1H3,(H,14,15,16). The zero-order chi connectivity index (χ0) is 12.1. The molecule has 1 heterocycles. The Morgan fingerprint density at radius 1 is 1.24 bits per heavy atom. The Morgan fingerprint density at radius 2 is 2.00 bits per heavy atom. The minimum atomic E-state index is -0.398. The average molecular weight is 229 g/mol. The number of hydrogen-bond donors (Lipinski definition) is 2. The van der Waals surface area contributed by atoms with E-state index in [0.717, 1.165) is 11.4 Å². The molecule has 0 saturated carbocycles. The van der Waals surface area contributed by atoms with Crippen molar-refractivity contribution in [1.29, 1.82) is 0 Å². The van der Waals surface area contributed by atoms with Gasteiger partial charge >= 0.3 is 0 Å². The molecule has 17 heavy (non-hydrogen) atoms. The van der Waals surface area contributed by atoms with Crippen LogP contribution in [0.4, 0.5) is 5.82 Å². The van der Waals surface area contributed by atoms with E-state index in [9.17, 15) is 5.11 Å². The number of hydrogen-bond acceptors (Lipinski definition) is 4. The van der Waals surface area contributed by atoms with E-state index in [2.05, 4.69) is 15.3 Å². The van der Waals surface area contributed by atoms with Gasteiger partial charge in [-0.2, -0.15) is 0 Å². The van der Waals surface area contributed by atoms with Crippen molar-refractivity contribution in [3.05, 3.63) is 42.6 Å². The molecule has 0 bridgehead atoms. The van der Waals surface area contributed by atoms with Crippen molar-refractivity contribution < 1.29 is 5.11 Å². The van der Waals surface area contributed by atoms with Crippen molar-refractivity contribution in [3.8, 4) is 11.4 Å². The predicted octanol–water partition coefficient (Wildman–Crippen LogP) is 1.94. The summed E-state index contributed by atoms with van der Waals surface area (Å²) >= 11 is 0. The van der Waals surface area contributed by atoms with Gasteiger partial charge in [0.2, 0.25) is 0 Å². The van der Waals surface area contributed by atoms with Crippen LogP contribution in [0.3, 0.4) is 0 Å². The monoisotopic (exact) mass is 229 g/mol. The topological polar surface area (TPSA) is 58.0 Å².